The van der Waals surface area contributed by atoms with Gasteiger partial charge in [-0.3, -0.25) is 0 Å². The first-order valence-electron chi connectivity index (χ1n) is 25.2. The van der Waals surface area contributed by atoms with Crippen LogP contribution in [0.1, 0.15) is 0 Å². The molecule has 0 atom stereocenters. The van der Waals surface area contributed by atoms with Gasteiger partial charge >= 0.3 is 0 Å². The Hall–Kier alpha value is -10.2. The second kappa shape index (κ2) is 17.3. The van der Waals surface area contributed by atoms with Crippen LogP contribution in [0.4, 0.5) is 0 Å². The second-order valence-corrected chi connectivity index (χ2v) is 19.1. The number of hydrogen-bond donors (Lipinski definition) is 0. The van der Waals surface area contributed by atoms with E-state index in [1.165, 1.54) is 21.9 Å². The Balaban J connectivity index is 0.900. The van der Waals surface area contributed by atoms with Gasteiger partial charge in [0.2, 0.25) is 0 Å². The second-order valence-electron chi connectivity index (χ2n) is 19.1. The maximum absolute atomic E-state index is 6.96. The summed E-state index contributed by atoms with van der Waals surface area (Å²) in [7, 11) is 0. The van der Waals surface area contributed by atoms with Gasteiger partial charge in [0.25, 0.3) is 0 Å². The molecule has 0 fully saturated rings. The highest BCUT2D eigenvalue weighted by Gasteiger charge is 2.23. The minimum absolute atomic E-state index is 0.602. The molecule has 0 saturated carbocycles. The Morgan fingerprint density at radius 3 is 1.48 bits per heavy atom. The van der Waals surface area contributed by atoms with Gasteiger partial charge < -0.3 is 13.4 Å². The molecule has 0 N–H and O–H groups in total. The molecular formula is C69H42N4O2. The lowest BCUT2D eigenvalue weighted by atomic mass is 9.92. The van der Waals surface area contributed by atoms with Crippen LogP contribution in [0.3, 0.4) is 0 Å². The van der Waals surface area contributed by atoms with Crippen LogP contribution in [0, 0.1) is 0 Å². The highest BCUT2D eigenvalue weighted by molar-refractivity contribution is 6.17. The van der Waals surface area contributed by atoms with Gasteiger partial charge in [0, 0.05) is 66.2 Å². The molecule has 6 nitrogen and oxygen atoms in total. The summed E-state index contributed by atoms with van der Waals surface area (Å²) < 4.78 is 16.0. The van der Waals surface area contributed by atoms with Crippen molar-refractivity contribution in [2.45, 2.75) is 0 Å². The summed E-state index contributed by atoms with van der Waals surface area (Å²) in [4.78, 5) is 15.1. The van der Waals surface area contributed by atoms with Gasteiger partial charge in [-0.1, -0.05) is 194 Å². The molecule has 0 spiro atoms. The lowest BCUT2D eigenvalue weighted by Gasteiger charge is -2.16. The number of para-hydroxylation sites is 3. The Kier molecular flexibility index (Phi) is 9.78. The Morgan fingerprint density at radius 2 is 0.773 bits per heavy atom. The minimum Gasteiger partial charge on any atom is -0.456 e. The van der Waals surface area contributed by atoms with Gasteiger partial charge in [-0.15, -0.1) is 0 Å². The third-order valence-corrected chi connectivity index (χ3v) is 14.7. The maximum Gasteiger partial charge on any atom is 0.164 e. The zero-order valence-electron chi connectivity index (χ0n) is 40.4. The predicted molar refractivity (Wildman–Crippen MR) is 307 cm³/mol. The number of rotatable bonds is 8. The maximum atomic E-state index is 6.96. The van der Waals surface area contributed by atoms with Crippen LogP contribution in [0.15, 0.2) is 264 Å². The zero-order valence-corrected chi connectivity index (χ0v) is 40.4. The molecule has 0 unspecified atom stereocenters. The molecule has 0 bridgehead atoms. The van der Waals surface area contributed by atoms with Crippen LogP contribution in [0.2, 0.25) is 0 Å². The lowest BCUT2D eigenvalue weighted by molar-refractivity contribution is 0.668. The van der Waals surface area contributed by atoms with Crippen LogP contribution in [0.25, 0.3) is 150 Å². The summed E-state index contributed by atoms with van der Waals surface area (Å²) in [5.41, 5.74) is 18.0. The largest absolute Gasteiger partial charge is 0.456 e. The summed E-state index contributed by atoms with van der Waals surface area (Å²) in [5.74, 6) is 1.85. The predicted octanol–water partition coefficient (Wildman–Crippen LogP) is 18.4. The first-order valence-corrected chi connectivity index (χ1v) is 25.2. The van der Waals surface area contributed by atoms with E-state index < -0.39 is 0 Å². The molecule has 4 aromatic heterocycles. The molecule has 6 heteroatoms. The van der Waals surface area contributed by atoms with Crippen LogP contribution < -0.4 is 0 Å². The number of fused-ring (bicyclic) bond motifs is 9. The van der Waals surface area contributed by atoms with Crippen molar-refractivity contribution in [3.05, 3.63) is 255 Å². The zero-order chi connectivity index (χ0) is 49.4. The smallest absolute Gasteiger partial charge is 0.164 e. The van der Waals surface area contributed by atoms with Gasteiger partial charge in [0.15, 0.2) is 17.5 Å². The summed E-state index contributed by atoms with van der Waals surface area (Å²) >= 11 is 0. The molecular weight excluding hydrogens is 917 g/mol. The van der Waals surface area contributed by atoms with Crippen molar-refractivity contribution in [2.24, 2.45) is 0 Å². The minimum atomic E-state index is 0.602. The molecule has 0 aliphatic rings. The topological polar surface area (TPSA) is 69.9 Å². The van der Waals surface area contributed by atoms with Crippen molar-refractivity contribution < 1.29 is 8.83 Å². The molecule has 350 valence electrons. The van der Waals surface area contributed by atoms with E-state index in [0.717, 1.165) is 111 Å². The molecule has 0 amide bonds. The summed E-state index contributed by atoms with van der Waals surface area (Å²) in [6.07, 6.45) is 0. The van der Waals surface area contributed by atoms with E-state index in [1.807, 2.05) is 72.8 Å². The van der Waals surface area contributed by atoms with Crippen molar-refractivity contribution in [1.29, 1.82) is 0 Å². The van der Waals surface area contributed by atoms with Crippen LogP contribution in [-0.2, 0) is 0 Å². The van der Waals surface area contributed by atoms with Gasteiger partial charge in [-0.05, 0) is 88.0 Å². The van der Waals surface area contributed by atoms with Gasteiger partial charge in [0.05, 0.1) is 16.7 Å². The van der Waals surface area contributed by atoms with Gasteiger partial charge in [-0.25, -0.2) is 15.0 Å². The normalized spacial score (nSPS) is 11.7. The Labute approximate surface area is 431 Å². The van der Waals surface area contributed by atoms with E-state index in [0.29, 0.717) is 17.5 Å². The fourth-order valence-corrected chi connectivity index (χ4v) is 11.1. The van der Waals surface area contributed by atoms with E-state index >= 15 is 0 Å². The van der Waals surface area contributed by atoms with Gasteiger partial charge in [0.1, 0.15) is 22.3 Å². The lowest BCUT2D eigenvalue weighted by Crippen LogP contribution is -2.00. The third-order valence-electron chi connectivity index (χ3n) is 14.7. The first kappa shape index (κ1) is 42.5. The summed E-state index contributed by atoms with van der Waals surface area (Å²) in [5, 5.41) is 6.62. The number of aromatic nitrogens is 4. The van der Waals surface area contributed by atoms with Crippen LogP contribution in [0.5, 0.6) is 0 Å². The van der Waals surface area contributed by atoms with Crippen molar-refractivity contribution >= 4 is 65.7 Å². The molecule has 0 saturated heterocycles. The third kappa shape index (κ3) is 7.14. The molecule has 0 aliphatic heterocycles. The molecule has 0 aliphatic carbocycles. The van der Waals surface area contributed by atoms with E-state index in [4.69, 9.17) is 23.8 Å². The van der Waals surface area contributed by atoms with Crippen LogP contribution >= 0.6 is 0 Å². The molecule has 4 heterocycles. The van der Waals surface area contributed by atoms with Gasteiger partial charge in [-0.2, -0.15) is 0 Å². The molecule has 75 heavy (non-hydrogen) atoms. The van der Waals surface area contributed by atoms with Crippen molar-refractivity contribution in [3.8, 4) is 84.4 Å². The number of benzene rings is 11. The van der Waals surface area contributed by atoms with Crippen molar-refractivity contribution in [1.82, 2.24) is 19.5 Å². The SMILES string of the molecule is c1ccc(-c2ccc3c(c2)c2ccccc2n3-c2cc3oc4ccccc4c3cc2-c2cccc(-c3ccc(-c4cccc(-c5nc(-c6ccccc6)nc(-c6ccccc6)n5)c4)c4c3oc3ccccc34)c2)cc1. The van der Waals surface area contributed by atoms with Crippen molar-refractivity contribution in [2.75, 3.05) is 0 Å². The highest BCUT2D eigenvalue weighted by Crippen LogP contribution is 2.46. The number of hydrogen-bond acceptors (Lipinski definition) is 5. The quantitative estimate of drug-likeness (QED) is 0.152. The van der Waals surface area contributed by atoms with E-state index in [1.54, 1.807) is 0 Å². The monoisotopic (exact) mass is 958 g/mol. The molecule has 0 radical (unpaired) electrons. The fraction of sp³-hybridized carbons (Fsp3) is 0. The Bertz CT molecular complexity index is 4650. The average Bonchev–Trinajstić information content (AvgIpc) is 4.22. The standard InChI is InChI=1S/C69H42N4O2/c1-4-18-43(19-5-1)46-34-37-60-57(40-46)53-28-10-13-31-59(53)73(60)61-42-64-58(54-29-11-14-32-62(54)74-64)41-56(61)49-26-16-25-48(38-49)52-36-35-51(65-55-30-12-15-33-63(55)75-66(52)65)47-24-17-27-50(39-47)69-71-67(44-20-6-2-7-21-44)70-68(72-69)45-22-8-3-9-23-45/h1-42H. The van der Waals surface area contributed by atoms with E-state index in [-0.39, 0.29) is 0 Å². The number of furan rings is 2. The first-order chi connectivity index (χ1) is 37.2. The average molecular weight is 959 g/mol. The number of nitrogens with zero attached hydrogens (tertiary/aromatic N) is 4. The highest BCUT2D eigenvalue weighted by atomic mass is 16.3. The summed E-state index contributed by atoms with van der Waals surface area (Å²) in [6, 6.07) is 89.4. The molecule has 15 rings (SSSR count). The van der Waals surface area contributed by atoms with Crippen molar-refractivity contribution in [3.63, 3.8) is 0 Å². The molecule has 15 aromatic rings. The van der Waals surface area contributed by atoms with E-state index in [2.05, 4.69) is 187 Å². The summed E-state index contributed by atoms with van der Waals surface area (Å²) in [6.45, 7) is 0. The van der Waals surface area contributed by atoms with Crippen LogP contribution in [-0.4, -0.2) is 19.5 Å². The molecule has 11 aromatic carbocycles. The Morgan fingerprint density at radius 1 is 0.267 bits per heavy atom. The van der Waals surface area contributed by atoms with E-state index in [9.17, 15) is 0 Å². The fourth-order valence-electron chi connectivity index (χ4n) is 11.1.